The third-order valence-electron chi connectivity index (χ3n) is 4.86. The molecule has 31 heavy (non-hydrogen) atoms. The number of aromatic nitrogens is 5. The largest absolute Gasteiger partial charge is 0.497 e. The Hall–Kier alpha value is -2.81. The molecule has 0 saturated heterocycles. The smallest absolute Gasteiger partial charge is 0.238 e. The van der Waals surface area contributed by atoms with Crippen molar-refractivity contribution in [1.29, 1.82) is 0 Å². The number of benzene rings is 1. The summed E-state index contributed by atoms with van der Waals surface area (Å²) in [6, 6.07) is 9.74. The van der Waals surface area contributed by atoms with Crippen molar-refractivity contribution >= 4 is 23.5 Å². The highest BCUT2D eigenvalue weighted by Gasteiger charge is 2.22. The lowest BCUT2D eigenvalue weighted by atomic mass is 10.2. The van der Waals surface area contributed by atoms with Gasteiger partial charge in [0.25, 0.3) is 0 Å². The Bertz CT molecular complexity index is 996. The predicted molar refractivity (Wildman–Crippen MR) is 123 cm³/mol. The lowest BCUT2D eigenvalue weighted by Gasteiger charge is -2.15. The van der Waals surface area contributed by atoms with Gasteiger partial charge in [-0.25, -0.2) is 4.68 Å². The predicted octanol–water partition coefficient (Wildman–Crippen LogP) is 4.65. The number of nitrogens with one attached hydrogen (secondary N) is 1. The number of hydrogen-bond acceptors (Lipinski definition) is 6. The van der Waals surface area contributed by atoms with Crippen LogP contribution < -0.4 is 10.1 Å². The van der Waals surface area contributed by atoms with Gasteiger partial charge in [0.15, 0.2) is 11.0 Å². The SMILES string of the molecule is CCCCn1c(SC(C)C(=O)Nc2ccnn2C(C)C)nnc1-c1ccc(OC)cc1. The van der Waals surface area contributed by atoms with E-state index in [1.807, 2.05) is 45.0 Å². The maximum Gasteiger partial charge on any atom is 0.238 e. The molecule has 2 aromatic heterocycles. The van der Waals surface area contributed by atoms with Gasteiger partial charge in [0, 0.05) is 24.2 Å². The lowest BCUT2D eigenvalue weighted by molar-refractivity contribution is -0.115. The highest BCUT2D eigenvalue weighted by Crippen LogP contribution is 2.29. The summed E-state index contributed by atoms with van der Waals surface area (Å²) in [7, 11) is 1.65. The van der Waals surface area contributed by atoms with Crippen LogP contribution in [0, 0.1) is 0 Å². The molecule has 0 aliphatic rings. The van der Waals surface area contributed by atoms with Gasteiger partial charge in [0.1, 0.15) is 11.6 Å². The fraction of sp³-hybridized carbons (Fsp3) is 0.455. The van der Waals surface area contributed by atoms with Gasteiger partial charge in [0.05, 0.1) is 18.6 Å². The first kappa shape index (κ1) is 22.9. The second kappa shape index (κ2) is 10.5. The van der Waals surface area contributed by atoms with Crippen molar-refractivity contribution < 1.29 is 9.53 Å². The topological polar surface area (TPSA) is 86.9 Å². The van der Waals surface area contributed by atoms with E-state index in [0.29, 0.717) is 5.82 Å². The van der Waals surface area contributed by atoms with Crippen molar-refractivity contribution in [3.63, 3.8) is 0 Å². The van der Waals surface area contributed by atoms with Crippen LogP contribution in [0.4, 0.5) is 5.82 Å². The third kappa shape index (κ3) is 5.46. The van der Waals surface area contributed by atoms with Gasteiger partial charge >= 0.3 is 0 Å². The first-order valence-electron chi connectivity index (χ1n) is 10.5. The molecule has 1 atom stereocenters. The average Bonchev–Trinajstić information content (AvgIpc) is 3.39. The van der Waals surface area contributed by atoms with Crippen LogP contribution in [-0.4, -0.2) is 42.8 Å². The van der Waals surface area contributed by atoms with Gasteiger partial charge in [-0.05, 0) is 51.5 Å². The molecular weight excluding hydrogens is 412 g/mol. The number of rotatable bonds is 10. The molecule has 0 bridgehead atoms. The van der Waals surface area contributed by atoms with E-state index < -0.39 is 0 Å². The number of methoxy groups -OCH3 is 1. The van der Waals surface area contributed by atoms with Gasteiger partial charge in [-0.1, -0.05) is 25.1 Å². The maximum atomic E-state index is 12.8. The third-order valence-corrected chi connectivity index (χ3v) is 5.94. The Morgan fingerprint density at radius 2 is 1.90 bits per heavy atom. The van der Waals surface area contributed by atoms with E-state index in [0.717, 1.165) is 41.7 Å². The highest BCUT2D eigenvalue weighted by molar-refractivity contribution is 8.00. The Kier molecular flexibility index (Phi) is 7.73. The summed E-state index contributed by atoms with van der Waals surface area (Å²) in [4.78, 5) is 12.8. The van der Waals surface area contributed by atoms with Crippen molar-refractivity contribution in [3.8, 4) is 17.1 Å². The number of amides is 1. The van der Waals surface area contributed by atoms with Crippen LogP contribution in [0.25, 0.3) is 11.4 Å². The molecular formula is C22H30N6O2S. The summed E-state index contributed by atoms with van der Waals surface area (Å²) >= 11 is 1.41. The maximum absolute atomic E-state index is 12.8. The zero-order valence-electron chi connectivity index (χ0n) is 18.7. The molecule has 1 unspecified atom stereocenters. The van der Waals surface area contributed by atoms with Gasteiger partial charge < -0.3 is 14.6 Å². The number of unbranched alkanes of at least 4 members (excludes halogenated alkanes) is 1. The second-order valence-corrected chi connectivity index (χ2v) is 8.85. The Labute approximate surface area is 187 Å². The quantitative estimate of drug-likeness (QED) is 0.460. The molecule has 3 aromatic rings. The summed E-state index contributed by atoms with van der Waals surface area (Å²) in [5.74, 6) is 2.19. The molecule has 1 amide bonds. The van der Waals surface area contributed by atoms with E-state index in [4.69, 9.17) is 4.74 Å². The second-order valence-electron chi connectivity index (χ2n) is 7.54. The summed E-state index contributed by atoms with van der Waals surface area (Å²) in [5, 5.41) is 16.5. The zero-order chi connectivity index (χ0) is 22.4. The number of thioether (sulfide) groups is 1. The van der Waals surface area contributed by atoms with Gasteiger partial charge in [0.2, 0.25) is 5.91 Å². The normalized spacial score (nSPS) is 12.2. The zero-order valence-corrected chi connectivity index (χ0v) is 19.5. The van der Waals surface area contributed by atoms with Crippen molar-refractivity contribution in [1.82, 2.24) is 24.5 Å². The first-order chi connectivity index (χ1) is 14.9. The molecule has 3 rings (SSSR count). The van der Waals surface area contributed by atoms with Crippen molar-refractivity contribution in [2.24, 2.45) is 0 Å². The fourth-order valence-corrected chi connectivity index (χ4v) is 3.99. The lowest BCUT2D eigenvalue weighted by Crippen LogP contribution is -2.25. The van der Waals surface area contributed by atoms with Crippen molar-refractivity contribution in [2.75, 3.05) is 12.4 Å². The van der Waals surface area contributed by atoms with Gasteiger partial charge in [-0.2, -0.15) is 5.10 Å². The number of ether oxygens (including phenoxy) is 1. The minimum atomic E-state index is -0.344. The van der Waals surface area contributed by atoms with Crippen LogP contribution >= 0.6 is 11.8 Å². The van der Waals surface area contributed by atoms with Crippen LogP contribution in [-0.2, 0) is 11.3 Å². The summed E-state index contributed by atoms with van der Waals surface area (Å²) in [5.41, 5.74) is 0.967. The highest BCUT2D eigenvalue weighted by atomic mass is 32.2. The van der Waals surface area contributed by atoms with Crippen LogP contribution in [0.5, 0.6) is 5.75 Å². The van der Waals surface area contributed by atoms with Gasteiger partial charge in [-0.3, -0.25) is 4.79 Å². The molecule has 0 aliphatic heterocycles. The van der Waals surface area contributed by atoms with Crippen molar-refractivity contribution in [2.45, 2.75) is 63.5 Å². The summed E-state index contributed by atoms with van der Waals surface area (Å²) < 4.78 is 9.14. The molecule has 9 heteroatoms. The number of carbonyl (C=O) groups is 1. The first-order valence-corrected chi connectivity index (χ1v) is 11.4. The van der Waals surface area contributed by atoms with E-state index in [2.05, 4.69) is 32.1 Å². The van der Waals surface area contributed by atoms with E-state index in [9.17, 15) is 4.79 Å². The van der Waals surface area contributed by atoms with Crippen LogP contribution in [0.1, 0.15) is 46.6 Å². The Morgan fingerprint density at radius 1 is 1.16 bits per heavy atom. The molecule has 0 fully saturated rings. The molecule has 1 N–H and O–H groups in total. The molecule has 2 heterocycles. The molecule has 8 nitrogen and oxygen atoms in total. The van der Waals surface area contributed by atoms with E-state index in [-0.39, 0.29) is 17.2 Å². The average molecular weight is 443 g/mol. The number of hydrogen-bond donors (Lipinski definition) is 1. The fourth-order valence-electron chi connectivity index (χ4n) is 3.11. The number of anilines is 1. The minimum Gasteiger partial charge on any atom is -0.497 e. The molecule has 0 radical (unpaired) electrons. The number of nitrogens with zero attached hydrogens (tertiary/aromatic N) is 5. The monoisotopic (exact) mass is 442 g/mol. The Morgan fingerprint density at radius 3 is 2.55 bits per heavy atom. The summed E-state index contributed by atoms with van der Waals surface area (Å²) in [6.45, 7) is 8.87. The van der Waals surface area contributed by atoms with Crippen LogP contribution in [0.15, 0.2) is 41.7 Å². The van der Waals surface area contributed by atoms with E-state index in [1.165, 1.54) is 11.8 Å². The Balaban J connectivity index is 1.78. The molecule has 0 saturated carbocycles. The van der Waals surface area contributed by atoms with Gasteiger partial charge in [-0.15, -0.1) is 10.2 Å². The van der Waals surface area contributed by atoms with E-state index in [1.54, 1.807) is 24.1 Å². The molecule has 0 aliphatic carbocycles. The van der Waals surface area contributed by atoms with E-state index >= 15 is 0 Å². The van der Waals surface area contributed by atoms with Crippen LogP contribution in [0.3, 0.4) is 0 Å². The minimum absolute atomic E-state index is 0.0940. The molecule has 1 aromatic carbocycles. The summed E-state index contributed by atoms with van der Waals surface area (Å²) in [6.07, 6.45) is 3.75. The molecule has 166 valence electrons. The number of carbonyl (C=O) groups excluding carboxylic acids is 1. The van der Waals surface area contributed by atoms with Crippen molar-refractivity contribution in [3.05, 3.63) is 36.5 Å². The standard InChI is InChI=1S/C22H30N6O2S/c1-6-7-14-27-20(17-8-10-18(30-5)11-9-17)25-26-22(27)31-16(4)21(29)24-19-12-13-23-28(19)15(2)3/h8-13,15-16H,6-7,14H2,1-5H3,(H,24,29). The van der Waals surface area contributed by atoms with Crippen LogP contribution in [0.2, 0.25) is 0 Å². The molecule has 0 spiro atoms.